The molecule has 1 aromatic carbocycles. The highest BCUT2D eigenvalue weighted by molar-refractivity contribution is 9.09. The summed E-state index contributed by atoms with van der Waals surface area (Å²) in [5.41, 5.74) is 1.09. The molecule has 2 aromatic rings. The van der Waals surface area contributed by atoms with E-state index in [4.69, 9.17) is 4.74 Å². The Morgan fingerprint density at radius 1 is 1.29 bits per heavy atom. The molecule has 1 heterocycles. The van der Waals surface area contributed by atoms with Crippen LogP contribution in [0, 0.1) is 0 Å². The Morgan fingerprint density at radius 3 is 3.07 bits per heavy atom. The summed E-state index contributed by atoms with van der Waals surface area (Å²) in [4.78, 5) is 3.18. The number of rotatable bonds is 4. The van der Waals surface area contributed by atoms with E-state index in [0.29, 0.717) is 0 Å². The molecule has 2 rings (SSSR count). The summed E-state index contributed by atoms with van der Waals surface area (Å²) in [6.45, 7) is 0.753. The molecular formula is C11H12BrNO. The molecule has 0 amide bonds. The molecule has 1 aromatic heterocycles. The van der Waals surface area contributed by atoms with Crippen molar-refractivity contribution in [2.45, 2.75) is 6.42 Å². The summed E-state index contributed by atoms with van der Waals surface area (Å²) in [6, 6.07) is 8.13. The molecule has 0 atom stereocenters. The Labute approximate surface area is 91.4 Å². The maximum Gasteiger partial charge on any atom is 0.143 e. The van der Waals surface area contributed by atoms with Crippen LogP contribution >= 0.6 is 15.9 Å². The minimum atomic E-state index is 0.753. The molecule has 0 fully saturated rings. The molecule has 2 nitrogen and oxygen atoms in total. The van der Waals surface area contributed by atoms with Gasteiger partial charge in [-0.05, 0) is 18.6 Å². The van der Waals surface area contributed by atoms with E-state index in [-0.39, 0.29) is 0 Å². The van der Waals surface area contributed by atoms with E-state index in [1.54, 1.807) is 0 Å². The maximum absolute atomic E-state index is 5.66. The van der Waals surface area contributed by atoms with Gasteiger partial charge in [-0.15, -0.1) is 0 Å². The Kier molecular flexibility index (Phi) is 3.09. The Hall–Kier alpha value is -0.960. The molecule has 74 valence electrons. The van der Waals surface area contributed by atoms with Crippen molar-refractivity contribution < 1.29 is 4.74 Å². The molecule has 3 heteroatoms. The van der Waals surface area contributed by atoms with Gasteiger partial charge in [-0.25, -0.2) is 0 Å². The molecule has 0 unspecified atom stereocenters. The summed E-state index contributed by atoms with van der Waals surface area (Å²) in [7, 11) is 0. The fourth-order valence-electron chi connectivity index (χ4n) is 1.41. The second-order valence-electron chi connectivity index (χ2n) is 3.09. The van der Waals surface area contributed by atoms with Gasteiger partial charge in [0.05, 0.1) is 12.1 Å². The molecule has 0 spiro atoms. The van der Waals surface area contributed by atoms with Gasteiger partial charge in [0.15, 0.2) is 0 Å². The molecule has 0 saturated heterocycles. The van der Waals surface area contributed by atoms with Gasteiger partial charge in [0.25, 0.3) is 0 Å². The van der Waals surface area contributed by atoms with Crippen molar-refractivity contribution in [2.75, 3.05) is 11.9 Å². The average molecular weight is 254 g/mol. The van der Waals surface area contributed by atoms with Gasteiger partial charge in [0.2, 0.25) is 0 Å². The number of ether oxygens (including phenoxy) is 1. The molecular weight excluding hydrogens is 242 g/mol. The topological polar surface area (TPSA) is 25.0 Å². The minimum absolute atomic E-state index is 0.753. The number of aromatic nitrogens is 1. The second kappa shape index (κ2) is 4.51. The van der Waals surface area contributed by atoms with Crippen LogP contribution in [0.5, 0.6) is 5.75 Å². The first-order valence-corrected chi connectivity index (χ1v) is 5.79. The van der Waals surface area contributed by atoms with Gasteiger partial charge in [0.1, 0.15) is 5.75 Å². The van der Waals surface area contributed by atoms with Crippen molar-refractivity contribution in [1.29, 1.82) is 0 Å². The molecule has 1 N–H and O–H groups in total. The fraction of sp³-hybridized carbons (Fsp3) is 0.273. The monoisotopic (exact) mass is 253 g/mol. The molecule has 0 bridgehead atoms. The number of nitrogens with one attached hydrogen (secondary N) is 1. The molecule has 14 heavy (non-hydrogen) atoms. The lowest BCUT2D eigenvalue weighted by atomic mass is 10.2. The number of benzene rings is 1. The number of fused-ring (bicyclic) bond motifs is 1. The molecule has 0 radical (unpaired) electrons. The van der Waals surface area contributed by atoms with Crippen LogP contribution in [0.25, 0.3) is 10.9 Å². The molecule has 0 saturated carbocycles. The SMILES string of the molecule is BrCCCOc1cccc2cc[nH]c12. The van der Waals surface area contributed by atoms with E-state index in [2.05, 4.69) is 27.0 Å². The first-order valence-electron chi connectivity index (χ1n) is 4.66. The lowest BCUT2D eigenvalue weighted by Gasteiger charge is -2.05. The highest BCUT2D eigenvalue weighted by Crippen LogP contribution is 2.23. The van der Waals surface area contributed by atoms with Gasteiger partial charge < -0.3 is 9.72 Å². The number of halogens is 1. The van der Waals surface area contributed by atoms with Crippen LogP contribution in [-0.2, 0) is 0 Å². The minimum Gasteiger partial charge on any atom is -0.491 e. The first kappa shape index (κ1) is 9.59. The fourth-order valence-corrected chi connectivity index (χ4v) is 1.64. The van der Waals surface area contributed by atoms with Crippen molar-refractivity contribution >= 4 is 26.8 Å². The third-order valence-electron chi connectivity index (χ3n) is 2.08. The number of hydrogen-bond donors (Lipinski definition) is 1. The number of H-pyrrole nitrogens is 1. The van der Waals surface area contributed by atoms with E-state index < -0.39 is 0 Å². The molecule has 0 aliphatic rings. The van der Waals surface area contributed by atoms with Crippen LogP contribution in [0.1, 0.15) is 6.42 Å². The number of para-hydroxylation sites is 1. The van der Waals surface area contributed by atoms with Gasteiger partial charge in [-0.3, -0.25) is 0 Å². The van der Waals surface area contributed by atoms with Crippen LogP contribution in [0.3, 0.4) is 0 Å². The molecule has 0 aliphatic heterocycles. The largest absolute Gasteiger partial charge is 0.491 e. The smallest absolute Gasteiger partial charge is 0.143 e. The third kappa shape index (κ3) is 1.93. The summed E-state index contributed by atoms with van der Waals surface area (Å²) in [5.74, 6) is 0.938. The Balaban J connectivity index is 2.19. The van der Waals surface area contributed by atoms with Crippen molar-refractivity contribution in [3.63, 3.8) is 0 Å². The quantitative estimate of drug-likeness (QED) is 0.657. The third-order valence-corrected chi connectivity index (χ3v) is 2.65. The number of aromatic amines is 1. The van der Waals surface area contributed by atoms with Crippen LogP contribution in [-0.4, -0.2) is 16.9 Å². The summed E-state index contributed by atoms with van der Waals surface area (Å²) in [6.07, 6.45) is 2.96. The van der Waals surface area contributed by atoms with Crippen molar-refractivity contribution in [3.8, 4) is 5.75 Å². The second-order valence-corrected chi connectivity index (χ2v) is 3.88. The summed E-state index contributed by atoms with van der Waals surface area (Å²) in [5, 5.41) is 2.18. The van der Waals surface area contributed by atoms with Crippen molar-refractivity contribution in [1.82, 2.24) is 4.98 Å². The van der Waals surface area contributed by atoms with Gasteiger partial charge in [0, 0.05) is 16.9 Å². The van der Waals surface area contributed by atoms with Crippen LogP contribution < -0.4 is 4.74 Å². The van der Waals surface area contributed by atoms with Crippen molar-refractivity contribution in [2.24, 2.45) is 0 Å². The van der Waals surface area contributed by atoms with E-state index in [1.807, 2.05) is 24.4 Å². The number of alkyl halides is 1. The predicted octanol–water partition coefficient (Wildman–Crippen LogP) is 3.33. The van der Waals surface area contributed by atoms with Crippen molar-refractivity contribution in [3.05, 3.63) is 30.5 Å². The van der Waals surface area contributed by atoms with E-state index in [9.17, 15) is 0 Å². The van der Waals surface area contributed by atoms with Crippen LogP contribution in [0.2, 0.25) is 0 Å². The van der Waals surface area contributed by atoms with Gasteiger partial charge >= 0.3 is 0 Å². The standard InChI is InChI=1S/C11H12BrNO/c12-6-2-8-14-10-4-1-3-9-5-7-13-11(9)10/h1,3-5,7,13H,2,6,8H2. The Morgan fingerprint density at radius 2 is 2.21 bits per heavy atom. The highest BCUT2D eigenvalue weighted by Gasteiger charge is 2.01. The van der Waals surface area contributed by atoms with E-state index in [0.717, 1.165) is 29.6 Å². The van der Waals surface area contributed by atoms with Gasteiger partial charge in [-0.1, -0.05) is 28.1 Å². The lowest BCUT2D eigenvalue weighted by molar-refractivity contribution is 0.322. The normalized spacial score (nSPS) is 10.6. The van der Waals surface area contributed by atoms with Crippen LogP contribution in [0.4, 0.5) is 0 Å². The lowest BCUT2D eigenvalue weighted by Crippen LogP contribution is -1.97. The average Bonchev–Trinajstić information content (AvgIpc) is 2.67. The predicted molar refractivity (Wildman–Crippen MR) is 62.2 cm³/mol. The maximum atomic E-state index is 5.66. The first-order chi connectivity index (χ1) is 6.92. The zero-order valence-electron chi connectivity index (χ0n) is 7.79. The highest BCUT2D eigenvalue weighted by atomic mass is 79.9. The Bertz CT molecular complexity index is 410. The van der Waals surface area contributed by atoms with E-state index in [1.165, 1.54) is 5.39 Å². The van der Waals surface area contributed by atoms with Crippen LogP contribution in [0.15, 0.2) is 30.5 Å². The summed E-state index contributed by atoms with van der Waals surface area (Å²) >= 11 is 3.38. The molecule has 0 aliphatic carbocycles. The van der Waals surface area contributed by atoms with E-state index >= 15 is 0 Å². The zero-order chi connectivity index (χ0) is 9.80. The summed E-state index contributed by atoms with van der Waals surface area (Å²) < 4.78 is 5.66. The number of hydrogen-bond acceptors (Lipinski definition) is 1. The zero-order valence-corrected chi connectivity index (χ0v) is 9.38. The van der Waals surface area contributed by atoms with Gasteiger partial charge in [-0.2, -0.15) is 0 Å².